The van der Waals surface area contributed by atoms with Crippen LogP contribution in [0.4, 0.5) is 0 Å². The molecular formula is C25H44ClNO2. The van der Waals surface area contributed by atoms with E-state index in [2.05, 4.69) is 33.2 Å². The maximum Gasteiger partial charge on any atom is 0.361 e. The Morgan fingerprint density at radius 1 is 0.793 bits per heavy atom. The molecule has 0 aliphatic heterocycles. The summed E-state index contributed by atoms with van der Waals surface area (Å²) in [6.07, 6.45) is 15.9. The summed E-state index contributed by atoms with van der Waals surface area (Å²) < 4.78 is 6.08. The molecule has 0 aliphatic carbocycles. The second-order valence-electron chi connectivity index (χ2n) is 8.85. The Balaban J connectivity index is 0.00000784. The van der Waals surface area contributed by atoms with Crippen molar-refractivity contribution in [2.45, 2.75) is 90.5 Å². The van der Waals surface area contributed by atoms with Crippen molar-refractivity contribution in [1.29, 1.82) is 0 Å². The zero-order chi connectivity index (χ0) is 20.5. The van der Waals surface area contributed by atoms with Gasteiger partial charge >= 0.3 is 5.97 Å². The number of carbonyl (C=O) groups is 1. The maximum atomic E-state index is 12.1. The lowest BCUT2D eigenvalue weighted by Gasteiger charge is -2.28. The van der Waals surface area contributed by atoms with E-state index in [9.17, 15) is 4.79 Å². The highest BCUT2D eigenvalue weighted by molar-refractivity contribution is 5.70. The highest BCUT2D eigenvalue weighted by atomic mass is 35.5. The van der Waals surface area contributed by atoms with E-state index in [1.807, 2.05) is 18.2 Å². The molecule has 0 unspecified atom stereocenters. The third-order valence-electron chi connectivity index (χ3n) is 5.27. The topological polar surface area (TPSA) is 26.3 Å². The van der Waals surface area contributed by atoms with Crippen molar-refractivity contribution in [2.75, 3.05) is 27.2 Å². The summed E-state index contributed by atoms with van der Waals surface area (Å²) in [5.41, 5.74) is 1.25. The highest BCUT2D eigenvalue weighted by Crippen LogP contribution is 2.12. The summed E-state index contributed by atoms with van der Waals surface area (Å²) in [6.45, 7) is 4.11. The lowest BCUT2D eigenvalue weighted by atomic mass is 10.1. The lowest BCUT2D eigenvalue weighted by Crippen LogP contribution is -3.00. The first-order valence-electron chi connectivity index (χ1n) is 11.5. The normalized spacial score (nSPS) is 11.1. The highest BCUT2D eigenvalue weighted by Gasteiger charge is 2.21. The molecule has 0 N–H and O–H groups in total. The summed E-state index contributed by atoms with van der Waals surface area (Å²) in [5, 5.41) is 0. The van der Waals surface area contributed by atoms with E-state index in [-0.39, 0.29) is 18.4 Å². The molecule has 0 aliphatic rings. The number of halogens is 1. The summed E-state index contributed by atoms with van der Waals surface area (Å²) in [4.78, 5) is 12.1. The molecule has 0 bridgehead atoms. The number of hydrogen-bond acceptors (Lipinski definition) is 2. The number of nitrogens with zero attached hydrogens (tertiary/aromatic N) is 1. The number of hydrogen-bond donors (Lipinski definition) is 0. The molecule has 3 nitrogen and oxygen atoms in total. The Labute approximate surface area is 186 Å². The van der Waals surface area contributed by atoms with Gasteiger partial charge in [-0.2, -0.15) is 0 Å². The smallest absolute Gasteiger partial charge is 0.361 e. The van der Waals surface area contributed by atoms with Crippen LogP contribution in [0.5, 0.6) is 0 Å². The largest absolute Gasteiger partial charge is 1.00 e. The Bertz CT molecular complexity index is 505. The van der Waals surface area contributed by atoms with Gasteiger partial charge in [-0.25, -0.2) is 4.79 Å². The summed E-state index contributed by atoms with van der Waals surface area (Å²) in [5.74, 6) is -0.0796. The van der Waals surface area contributed by atoms with Crippen molar-refractivity contribution in [3.63, 3.8) is 0 Å². The van der Waals surface area contributed by atoms with Crippen LogP contribution in [0.3, 0.4) is 0 Å². The van der Waals surface area contributed by atoms with E-state index < -0.39 is 0 Å². The second-order valence-corrected chi connectivity index (χ2v) is 8.85. The van der Waals surface area contributed by atoms with Gasteiger partial charge < -0.3 is 21.6 Å². The van der Waals surface area contributed by atoms with Gasteiger partial charge in [0.2, 0.25) is 0 Å². The summed E-state index contributed by atoms with van der Waals surface area (Å²) >= 11 is 0. The van der Waals surface area contributed by atoms with Crippen LogP contribution in [0.25, 0.3) is 0 Å². The number of unbranched alkanes of at least 4 members (excludes halogenated alkanes) is 11. The van der Waals surface area contributed by atoms with Crippen molar-refractivity contribution >= 4 is 5.97 Å². The van der Waals surface area contributed by atoms with Gasteiger partial charge in [-0.1, -0.05) is 108 Å². The quantitative estimate of drug-likeness (QED) is 0.217. The van der Waals surface area contributed by atoms with Gasteiger partial charge in [0.05, 0.1) is 20.7 Å². The first kappa shape index (κ1) is 27.9. The second kappa shape index (κ2) is 17.8. The minimum absolute atomic E-state index is 0. The Morgan fingerprint density at radius 3 is 1.79 bits per heavy atom. The number of likely N-dealkylation sites (N-methyl/N-ethyl adjacent to an activating group) is 1. The van der Waals surface area contributed by atoms with Crippen molar-refractivity contribution in [3.05, 3.63) is 35.9 Å². The number of ether oxygens (including phenoxy) is 1. The maximum absolute atomic E-state index is 12.1. The summed E-state index contributed by atoms with van der Waals surface area (Å²) in [6, 6.07) is 10.3. The molecule has 1 aromatic rings. The first-order valence-corrected chi connectivity index (χ1v) is 11.5. The van der Waals surface area contributed by atoms with Crippen LogP contribution >= 0.6 is 0 Å². The number of benzene rings is 1. The fraction of sp³-hybridized carbons (Fsp3) is 0.720. The average Bonchev–Trinajstić information content (AvgIpc) is 2.65. The van der Waals surface area contributed by atoms with Gasteiger partial charge in [0.25, 0.3) is 0 Å². The molecule has 29 heavy (non-hydrogen) atoms. The number of rotatable bonds is 17. The number of esters is 1. The molecule has 168 valence electrons. The van der Waals surface area contributed by atoms with Gasteiger partial charge in [-0.15, -0.1) is 0 Å². The van der Waals surface area contributed by atoms with E-state index in [1.54, 1.807) is 0 Å². The van der Waals surface area contributed by atoms with Crippen LogP contribution in [0, 0.1) is 0 Å². The molecular weight excluding hydrogens is 382 g/mol. The molecule has 0 spiro atoms. The van der Waals surface area contributed by atoms with Crippen LogP contribution in [0.15, 0.2) is 30.3 Å². The number of carbonyl (C=O) groups excluding carboxylic acids is 1. The van der Waals surface area contributed by atoms with Crippen molar-refractivity contribution in [3.8, 4) is 0 Å². The van der Waals surface area contributed by atoms with Crippen molar-refractivity contribution < 1.29 is 26.4 Å². The van der Waals surface area contributed by atoms with E-state index in [4.69, 9.17) is 4.74 Å². The van der Waals surface area contributed by atoms with Crippen molar-refractivity contribution in [1.82, 2.24) is 0 Å². The molecule has 1 rings (SSSR count). The molecule has 0 aromatic heterocycles. The monoisotopic (exact) mass is 425 g/mol. The SMILES string of the molecule is CCCCCCCCCCCCCCOC(=O)C[N+](C)(C)Cc1ccccc1.[Cl-]. The molecule has 0 radical (unpaired) electrons. The zero-order valence-electron chi connectivity index (χ0n) is 19.1. The van der Waals surface area contributed by atoms with E-state index in [0.717, 1.165) is 13.0 Å². The van der Waals surface area contributed by atoms with Gasteiger partial charge in [0.1, 0.15) is 6.54 Å². The average molecular weight is 426 g/mol. The molecule has 0 saturated carbocycles. The van der Waals surface area contributed by atoms with E-state index in [1.165, 1.54) is 76.2 Å². The summed E-state index contributed by atoms with van der Waals surface area (Å²) in [7, 11) is 4.16. The fourth-order valence-electron chi connectivity index (χ4n) is 3.66. The van der Waals surface area contributed by atoms with E-state index in [0.29, 0.717) is 17.6 Å². The Hall–Kier alpha value is -1.06. The van der Waals surface area contributed by atoms with Gasteiger partial charge in [0, 0.05) is 5.56 Å². The van der Waals surface area contributed by atoms with Crippen LogP contribution in [-0.4, -0.2) is 37.7 Å². The molecule has 0 heterocycles. The Kier molecular flexibility index (Phi) is 17.1. The van der Waals surface area contributed by atoms with Crippen LogP contribution in [0.2, 0.25) is 0 Å². The van der Waals surface area contributed by atoms with Crippen LogP contribution in [0.1, 0.15) is 89.5 Å². The van der Waals surface area contributed by atoms with Gasteiger partial charge in [-0.3, -0.25) is 0 Å². The van der Waals surface area contributed by atoms with Gasteiger partial charge in [0.15, 0.2) is 6.54 Å². The van der Waals surface area contributed by atoms with Crippen LogP contribution in [-0.2, 0) is 16.1 Å². The van der Waals surface area contributed by atoms with Crippen LogP contribution < -0.4 is 12.4 Å². The third kappa shape index (κ3) is 16.4. The molecule has 4 heteroatoms. The predicted molar refractivity (Wildman–Crippen MR) is 119 cm³/mol. The van der Waals surface area contributed by atoms with Crippen molar-refractivity contribution in [2.24, 2.45) is 0 Å². The first-order chi connectivity index (χ1) is 13.5. The number of quaternary nitrogens is 1. The molecule has 0 amide bonds. The fourth-order valence-corrected chi connectivity index (χ4v) is 3.66. The zero-order valence-corrected chi connectivity index (χ0v) is 19.9. The minimum Gasteiger partial charge on any atom is -1.00 e. The molecule has 0 saturated heterocycles. The molecule has 0 fully saturated rings. The standard InChI is InChI=1S/C25H44NO2.ClH/c1-4-5-6-7-8-9-10-11-12-13-14-18-21-28-25(27)23-26(2,3)22-24-19-16-15-17-20-24;/h15-17,19-20H,4-14,18,21-23H2,1-3H3;1H/q+1;/p-1. The van der Waals surface area contributed by atoms with E-state index >= 15 is 0 Å². The molecule has 1 aromatic carbocycles. The predicted octanol–water partition coefficient (Wildman–Crippen LogP) is 3.51. The van der Waals surface area contributed by atoms with Gasteiger partial charge in [-0.05, 0) is 6.42 Å². The lowest BCUT2D eigenvalue weighted by molar-refractivity contribution is -0.896. The molecule has 0 atom stereocenters. The third-order valence-corrected chi connectivity index (χ3v) is 5.27. The minimum atomic E-state index is -0.0796. The Morgan fingerprint density at radius 2 is 1.28 bits per heavy atom.